The molecule has 0 N–H and O–H groups in total. The summed E-state index contributed by atoms with van der Waals surface area (Å²) >= 11 is 0. The molecule has 0 aliphatic heterocycles. The van der Waals surface area contributed by atoms with Crippen molar-refractivity contribution in [1.82, 2.24) is 5.16 Å². The number of terminal acetylenes is 1. The fraction of sp³-hybridized carbons (Fsp3) is 0.682. The first-order valence-electron chi connectivity index (χ1n) is 9.67. The highest BCUT2D eigenvalue weighted by Crippen LogP contribution is 2.66. The van der Waals surface area contributed by atoms with Gasteiger partial charge in [-0.15, -0.1) is 12.3 Å². The molecule has 0 saturated heterocycles. The summed E-state index contributed by atoms with van der Waals surface area (Å²) in [4.78, 5) is 0. The average Bonchev–Trinajstić information content (AvgIpc) is 3.14. The van der Waals surface area contributed by atoms with Gasteiger partial charge >= 0.3 is 0 Å². The zero-order chi connectivity index (χ0) is 16.5. The highest BCUT2D eigenvalue weighted by atomic mass is 16.5. The molecule has 2 heteroatoms. The number of aromatic nitrogens is 1. The molecule has 1 aromatic rings. The molecule has 0 spiro atoms. The van der Waals surface area contributed by atoms with E-state index in [1.54, 1.807) is 5.57 Å². The molecule has 1 aromatic heterocycles. The van der Waals surface area contributed by atoms with Gasteiger partial charge in [-0.05, 0) is 79.6 Å². The minimum absolute atomic E-state index is 0.303. The summed E-state index contributed by atoms with van der Waals surface area (Å²) in [5.41, 5.74) is 3.62. The highest BCUT2D eigenvalue weighted by molar-refractivity contribution is 5.57. The van der Waals surface area contributed by atoms with Crippen LogP contribution in [0.5, 0.6) is 0 Å². The van der Waals surface area contributed by atoms with Crippen LogP contribution >= 0.6 is 0 Å². The number of allylic oxidation sites excluding steroid dienone is 1. The largest absolute Gasteiger partial charge is 0.357 e. The summed E-state index contributed by atoms with van der Waals surface area (Å²) in [6.45, 7) is 5.01. The molecule has 126 valence electrons. The van der Waals surface area contributed by atoms with E-state index >= 15 is 0 Å². The maximum Gasteiger partial charge on any atom is 0.162 e. The summed E-state index contributed by atoms with van der Waals surface area (Å²) in [5, 5.41) is 4.04. The Morgan fingerprint density at radius 2 is 2.08 bits per heavy atom. The molecule has 1 unspecified atom stereocenters. The van der Waals surface area contributed by atoms with E-state index in [0.717, 1.165) is 29.9 Å². The summed E-state index contributed by atoms with van der Waals surface area (Å²) in [5.74, 6) is 7.14. The lowest BCUT2D eigenvalue weighted by Gasteiger charge is -2.57. The van der Waals surface area contributed by atoms with Crippen molar-refractivity contribution in [2.45, 2.75) is 58.8 Å². The van der Waals surface area contributed by atoms with E-state index in [-0.39, 0.29) is 0 Å². The molecular formula is C22H27NO. The van der Waals surface area contributed by atoms with Crippen LogP contribution in [0, 0.1) is 46.8 Å². The van der Waals surface area contributed by atoms with Crippen LogP contribution in [0.3, 0.4) is 0 Å². The van der Waals surface area contributed by atoms with Gasteiger partial charge in [-0.2, -0.15) is 0 Å². The van der Waals surface area contributed by atoms with Crippen LogP contribution in [-0.4, -0.2) is 5.16 Å². The number of fused-ring (bicyclic) bond motifs is 6. The molecule has 2 nitrogen and oxygen atoms in total. The van der Waals surface area contributed by atoms with Gasteiger partial charge in [0.1, 0.15) is 0 Å². The van der Waals surface area contributed by atoms with Gasteiger partial charge in [0.25, 0.3) is 0 Å². The van der Waals surface area contributed by atoms with Crippen LogP contribution in [0.4, 0.5) is 0 Å². The van der Waals surface area contributed by atoms with Crippen molar-refractivity contribution < 1.29 is 4.52 Å². The summed E-state index contributed by atoms with van der Waals surface area (Å²) in [6, 6.07) is 0. The lowest BCUT2D eigenvalue weighted by molar-refractivity contribution is -0.0391. The molecule has 4 aliphatic carbocycles. The van der Waals surface area contributed by atoms with E-state index in [4.69, 9.17) is 10.9 Å². The van der Waals surface area contributed by atoms with Crippen molar-refractivity contribution in [3.05, 3.63) is 23.1 Å². The number of rotatable bonds is 0. The quantitative estimate of drug-likeness (QED) is 0.621. The Bertz CT molecular complexity index is 752. The summed E-state index contributed by atoms with van der Waals surface area (Å²) < 4.78 is 5.45. The Labute approximate surface area is 145 Å². The number of hydrogen-bond donors (Lipinski definition) is 0. The molecule has 0 bridgehead atoms. The summed E-state index contributed by atoms with van der Waals surface area (Å²) in [7, 11) is 0. The van der Waals surface area contributed by atoms with Crippen LogP contribution in [0.15, 0.2) is 16.3 Å². The van der Waals surface area contributed by atoms with Crippen LogP contribution < -0.4 is 0 Å². The molecule has 1 heterocycles. The number of nitrogens with zero attached hydrogens (tertiary/aromatic N) is 1. The average molecular weight is 321 g/mol. The molecule has 24 heavy (non-hydrogen) atoms. The van der Waals surface area contributed by atoms with Crippen LogP contribution in [0.1, 0.15) is 63.7 Å². The van der Waals surface area contributed by atoms with E-state index in [1.165, 1.54) is 44.1 Å². The Morgan fingerprint density at radius 1 is 1.21 bits per heavy atom. The molecule has 0 aromatic carbocycles. The van der Waals surface area contributed by atoms with Crippen molar-refractivity contribution >= 4 is 6.08 Å². The standard InChI is InChI=1S/C22H27NO/c1-4-15-6-8-18-17-7-5-16-11-20-14(13-23-24-20)12-22(16,3)19(17)9-10-21(15,18)2/h1,11,13,15,17-19H,5-10,12H2,2-3H3/t15?,17-,18-,19-,21+,22-/m0/s1. The van der Waals surface area contributed by atoms with Gasteiger partial charge in [0.15, 0.2) is 5.76 Å². The van der Waals surface area contributed by atoms with E-state index < -0.39 is 0 Å². The second-order valence-electron chi connectivity index (χ2n) is 9.24. The van der Waals surface area contributed by atoms with Gasteiger partial charge in [-0.25, -0.2) is 0 Å². The molecule has 3 fully saturated rings. The second kappa shape index (κ2) is 4.78. The zero-order valence-corrected chi connectivity index (χ0v) is 14.8. The van der Waals surface area contributed by atoms with Crippen molar-refractivity contribution in [3.63, 3.8) is 0 Å². The first-order chi connectivity index (χ1) is 11.6. The smallest absolute Gasteiger partial charge is 0.162 e. The maximum atomic E-state index is 5.89. The molecule has 6 atom stereocenters. The van der Waals surface area contributed by atoms with Gasteiger partial charge in [-0.1, -0.05) is 24.6 Å². The fourth-order valence-corrected chi connectivity index (χ4v) is 7.16. The number of hydrogen-bond acceptors (Lipinski definition) is 2. The third-order valence-electron chi connectivity index (χ3n) is 8.48. The monoisotopic (exact) mass is 321 g/mol. The van der Waals surface area contributed by atoms with E-state index in [0.29, 0.717) is 16.7 Å². The van der Waals surface area contributed by atoms with Gasteiger partial charge in [-0.3, -0.25) is 0 Å². The van der Waals surface area contributed by atoms with Gasteiger partial charge in [0.05, 0.1) is 6.20 Å². The zero-order valence-electron chi connectivity index (χ0n) is 14.8. The van der Waals surface area contributed by atoms with Gasteiger partial charge in [0.2, 0.25) is 0 Å². The molecule has 0 radical (unpaired) electrons. The Kier molecular flexibility index (Phi) is 2.95. The minimum Gasteiger partial charge on any atom is -0.357 e. The van der Waals surface area contributed by atoms with Crippen molar-refractivity contribution in [1.29, 1.82) is 0 Å². The minimum atomic E-state index is 0.303. The maximum absolute atomic E-state index is 5.89. The van der Waals surface area contributed by atoms with Crippen molar-refractivity contribution in [2.75, 3.05) is 0 Å². The molecule has 5 rings (SSSR count). The molecule has 0 amide bonds. The predicted molar refractivity (Wildman–Crippen MR) is 94.9 cm³/mol. The normalized spacial score (nSPS) is 46.1. The molecular weight excluding hydrogens is 294 g/mol. The second-order valence-corrected chi connectivity index (χ2v) is 9.24. The van der Waals surface area contributed by atoms with Crippen molar-refractivity contribution in [2.24, 2.45) is 34.5 Å². The Morgan fingerprint density at radius 3 is 2.92 bits per heavy atom. The highest BCUT2D eigenvalue weighted by Gasteiger charge is 2.58. The van der Waals surface area contributed by atoms with Crippen LogP contribution in [0.2, 0.25) is 0 Å². The first kappa shape index (κ1) is 14.8. The van der Waals surface area contributed by atoms with Crippen LogP contribution in [0.25, 0.3) is 6.08 Å². The lowest BCUT2D eigenvalue weighted by Crippen LogP contribution is -2.50. The Hall–Kier alpha value is -1.49. The SMILES string of the molecule is C#CC1CC[C@H]2[C@@H]3CCC4=Cc5oncc5C[C@]4(C)[C@H]3CC[C@]12C. The molecule has 4 aliphatic rings. The summed E-state index contributed by atoms with van der Waals surface area (Å²) in [6.07, 6.45) is 19.1. The van der Waals surface area contributed by atoms with E-state index in [1.807, 2.05) is 6.20 Å². The fourth-order valence-electron chi connectivity index (χ4n) is 7.16. The predicted octanol–water partition coefficient (Wildman–Crippen LogP) is 5.11. The van der Waals surface area contributed by atoms with E-state index in [2.05, 4.69) is 31.0 Å². The lowest BCUT2D eigenvalue weighted by atomic mass is 9.47. The first-order valence-corrected chi connectivity index (χ1v) is 9.67. The van der Waals surface area contributed by atoms with Crippen molar-refractivity contribution in [3.8, 4) is 12.3 Å². The van der Waals surface area contributed by atoms with Gasteiger partial charge in [0, 0.05) is 11.5 Å². The third-order valence-corrected chi connectivity index (χ3v) is 8.48. The third kappa shape index (κ3) is 1.71. The Balaban J connectivity index is 1.52. The van der Waals surface area contributed by atoms with Crippen LogP contribution in [-0.2, 0) is 6.42 Å². The topological polar surface area (TPSA) is 26.0 Å². The van der Waals surface area contributed by atoms with E-state index in [9.17, 15) is 0 Å². The molecule has 3 saturated carbocycles. The van der Waals surface area contributed by atoms with Gasteiger partial charge < -0.3 is 4.52 Å².